The molecule has 324 valence electrons. The van der Waals surface area contributed by atoms with Gasteiger partial charge in [-0.15, -0.1) is 0 Å². The van der Waals surface area contributed by atoms with E-state index in [0.717, 1.165) is 12.8 Å². The molecule has 5 atom stereocenters. The standard InChI is InChI=1S/C38H63BN8O11/c1-25(2)35(37(53)41-26(3)38(54)47-10-4-5-30(47)39(55)56)42-36(52)28-8-6-27(7-9-28)20-40-31(49)22-44-13-17-45-15-11-43-12-16-46(18-14-44)24-33(51)58-34(19-29(48)21-43)57-32(50)23-45/h25-28,30,34-35,55-56H,4-24H2,1-3H3,(H,40,49)(H,41,53)(H,42,52)/t26-,27?,28?,30+,35+/m1/s1. The van der Waals surface area contributed by atoms with Crippen LogP contribution in [-0.4, -0.2) is 199 Å². The molecule has 4 saturated heterocycles. The van der Waals surface area contributed by atoms with Crippen LogP contribution in [0.2, 0.25) is 0 Å². The van der Waals surface area contributed by atoms with Gasteiger partial charge in [0.1, 0.15) is 12.1 Å². The average molecular weight is 819 g/mol. The summed E-state index contributed by atoms with van der Waals surface area (Å²) in [4.78, 5) is 101. The van der Waals surface area contributed by atoms with Crippen molar-refractivity contribution >= 4 is 48.5 Å². The maximum atomic E-state index is 13.4. The van der Waals surface area contributed by atoms with Crippen LogP contribution < -0.4 is 16.0 Å². The Bertz CT molecular complexity index is 1440. The van der Waals surface area contributed by atoms with Gasteiger partial charge in [0.15, 0.2) is 5.78 Å². The van der Waals surface area contributed by atoms with Gasteiger partial charge in [0, 0.05) is 71.4 Å². The number of likely N-dealkylation sites (tertiary alicyclic amines) is 1. The van der Waals surface area contributed by atoms with Crippen LogP contribution in [0.4, 0.5) is 0 Å². The van der Waals surface area contributed by atoms with Crippen molar-refractivity contribution in [1.82, 2.24) is 40.4 Å². The molecule has 5 aliphatic rings. The van der Waals surface area contributed by atoms with Gasteiger partial charge in [0.05, 0.1) is 38.5 Å². The van der Waals surface area contributed by atoms with Gasteiger partial charge >= 0.3 is 19.1 Å². The normalized spacial score (nSPS) is 30.1. The van der Waals surface area contributed by atoms with E-state index in [2.05, 4.69) is 16.0 Å². The fraction of sp³-hybridized carbons (Fsp3) is 0.816. The molecular formula is C38H63BN8O11. The van der Waals surface area contributed by atoms with Gasteiger partial charge < -0.3 is 40.4 Å². The number of hydrogen-bond donors (Lipinski definition) is 5. The number of carbonyl (C=O) groups excluding carboxylic acids is 7. The van der Waals surface area contributed by atoms with Crippen molar-refractivity contribution in [1.29, 1.82) is 0 Å². The molecule has 5 N–H and O–H groups in total. The highest BCUT2D eigenvalue weighted by atomic mass is 16.7. The molecule has 0 aromatic carbocycles. The molecule has 2 unspecified atom stereocenters. The first-order valence-electron chi connectivity index (χ1n) is 21.0. The smallest absolute Gasteiger partial charge is 0.426 e. The average Bonchev–Trinajstić information content (AvgIpc) is 3.65. The maximum absolute atomic E-state index is 13.4. The Kier molecular flexibility index (Phi) is 16.9. The molecular weight excluding hydrogens is 755 g/mol. The highest BCUT2D eigenvalue weighted by molar-refractivity contribution is 6.43. The maximum Gasteiger partial charge on any atom is 0.475 e. The number of carbonyl (C=O) groups is 7. The van der Waals surface area contributed by atoms with Gasteiger partial charge in [-0.1, -0.05) is 13.8 Å². The highest BCUT2D eigenvalue weighted by Gasteiger charge is 2.40. The SMILES string of the molecule is CC(C)[C@H](NC(=O)C1CCC(CNC(=O)CN2CCN3CCN4CCN(CC2)CC(=O)OC(CC(=O)C4)OC(=O)C3)CC1)C(=O)N[C@H](C)C(=O)N1CCC[C@H]1B(O)O. The molecule has 4 aliphatic heterocycles. The summed E-state index contributed by atoms with van der Waals surface area (Å²) >= 11 is 0. The van der Waals surface area contributed by atoms with E-state index in [1.807, 2.05) is 33.4 Å². The first-order chi connectivity index (χ1) is 27.6. The van der Waals surface area contributed by atoms with Crippen LogP contribution in [0.5, 0.6) is 0 Å². The van der Waals surface area contributed by atoms with Gasteiger partial charge in [-0.3, -0.25) is 53.2 Å². The number of hydrogen-bond acceptors (Lipinski definition) is 15. The Balaban J connectivity index is 1.08. The molecule has 4 bridgehead atoms. The third kappa shape index (κ3) is 13.4. The van der Waals surface area contributed by atoms with Crippen LogP contribution in [0.1, 0.15) is 65.7 Å². The quantitative estimate of drug-likeness (QED) is 0.105. The number of ketones is 1. The molecule has 1 aliphatic carbocycles. The zero-order chi connectivity index (χ0) is 41.9. The topological polar surface area (TPSA) is 231 Å². The lowest BCUT2D eigenvalue weighted by Crippen LogP contribution is -2.57. The lowest BCUT2D eigenvalue weighted by molar-refractivity contribution is -0.190. The number of ether oxygens (including phenoxy) is 2. The van der Waals surface area contributed by atoms with Gasteiger partial charge in [0.2, 0.25) is 23.6 Å². The molecule has 0 aromatic heterocycles. The molecule has 5 rings (SSSR count). The lowest BCUT2D eigenvalue weighted by atomic mass is 9.78. The van der Waals surface area contributed by atoms with Crippen molar-refractivity contribution in [3.8, 4) is 0 Å². The predicted molar refractivity (Wildman–Crippen MR) is 209 cm³/mol. The number of fused-ring (bicyclic) bond motifs is 7. The lowest BCUT2D eigenvalue weighted by Gasteiger charge is -2.33. The van der Waals surface area contributed by atoms with Crippen LogP contribution in [0.15, 0.2) is 0 Å². The van der Waals surface area contributed by atoms with Crippen LogP contribution >= 0.6 is 0 Å². The van der Waals surface area contributed by atoms with Gasteiger partial charge in [0.25, 0.3) is 6.29 Å². The summed E-state index contributed by atoms with van der Waals surface area (Å²) < 4.78 is 10.9. The first kappa shape index (κ1) is 45.4. The molecule has 19 nitrogen and oxygen atoms in total. The molecule has 0 spiro atoms. The van der Waals surface area contributed by atoms with E-state index in [1.54, 1.807) is 6.92 Å². The number of Topliss-reactive ketones (excluding diaryl/α,β-unsaturated/α-hetero) is 1. The fourth-order valence-corrected chi connectivity index (χ4v) is 8.49. The van der Waals surface area contributed by atoms with Crippen LogP contribution in [0.3, 0.4) is 0 Å². The zero-order valence-electron chi connectivity index (χ0n) is 34.3. The van der Waals surface area contributed by atoms with Crippen molar-refractivity contribution in [2.24, 2.45) is 17.8 Å². The van der Waals surface area contributed by atoms with Crippen molar-refractivity contribution in [2.75, 3.05) is 91.6 Å². The molecule has 4 amide bonds. The highest BCUT2D eigenvalue weighted by Crippen LogP contribution is 2.29. The summed E-state index contributed by atoms with van der Waals surface area (Å²) in [6.07, 6.45) is 2.31. The summed E-state index contributed by atoms with van der Waals surface area (Å²) in [7, 11) is -1.66. The van der Waals surface area contributed by atoms with E-state index in [-0.39, 0.29) is 68.0 Å². The predicted octanol–water partition coefficient (Wildman–Crippen LogP) is -2.82. The van der Waals surface area contributed by atoms with Crippen molar-refractivity contribution in [3.05, 3.63) is 0 Å². The summed E-state index contributed by atoms with van der Waals surface area (Å²) in [5.74, 6) is -3.65. The van der Waals surface area contributed by atoms with E-state index >= 15 is 0 Å². The molecule has 1 saturated carbocycles. The third-order valence-corrected chi connectivity index (χ3v) is 12.0. The Labute approximate surface area is 341 Å². The van der Waals surface area contributed by atoms with E-state index < -0.39 is 55.2 Å². The van der Waals surface area contributed by atoms with Crippen LogP contribution in [-0.2, 0) is 43.0 Å². The minimum absolute atomic E-state index is 0.0355. The molecule has 0 aromatic rings. The number of amides is 4. The third-order valence-electron chi connectivity index (χ3n) is 12.0. The number of rotatable bonds is 11. The Morgan fingerprint density at radius 1 is 0.759 bits per heavy atom. The molecule has 20 heteroatoms. The zero-order valence-corrected chi connectivity index (χ0v) is 34.3. The second-order valence-electron chi connectivity index (χ2n) is 16.9. The van der Waals surface area contributed by atoms with Gasteiger partial charge in [-0.05, 0) is 57.3 Å². The molecule has 0 radical (unpaired) electrons. The summed E-state index contributed by atoms with van der Waals surface area (Å²) in [5, 5.41) is 28.0. The van der Waals surface area contributed by atoms with Gasteiger partial charge in [-0.2, -0.15) is 0 Å². The first-order valence-corrected chi connectivity index (χ1v) is 21.0. The van der Waals surface area contributed by atoms with E-state index in [9.17, 15) is 43.6 Å². The number of esters is 2. The monoisotopic (exact) mass is 818 g/mol. The molecule has 5 fully saturated rings. The molecule has 4 heterocycles. The van der Waals surface area contributed by atoms with E-state index in [0.29, 0.717) is 91.1 Å². The summed E-state index contributed by atoms with van der Waals surface area (Å²) in [5.41, 5.74) is 0. The van der Waals surface area contributed by atoms with Crippen LogP contribution in [0.25, 0.3) is 0 Å². The van der Waals surface area contributed by atoms with Crippen LogP contribution in [0, 0.1) is 17.8 Å². The van der Waals surface area contributed by atoms with E-state index in [1.165, 1.54) is 4.90 Å². The minimum atomic E-state index is -1.66. The Morgan fingerprint density at radius 3 is 1.90 bits per heavy atom. The number of nitrogens with zero attached hydrogens (tertiary/aromatic N) is 5. The summed E-state index contributed by atoms with van der Waals surface area (Å²) in [6, 6.07) is -1.76. The van der Waals surface area contributed by atoms with Crippen molar-refractivity contribution < 1.29 is 53.1 Å². The molecule has 58 heavy (non-hydrogen) atoms. The Morgan fingerprint density at radius 2 is 1.33 bits per heavy atom. The fourth-order valence-electron chi connectivity index (χ4n) is 8.49. The largest absolute Gasteiger partial charge is 0.475 e. The van der Waals surface area contributed by atoms with Crippen molar-refractivity contribution in [2.45, 2.75) is 90.0 Å². The van der Waals surface area contributed by atoms with Crippen molar-refractivity contribution in [3.63, 3.8) is 0 Å². The minimum Gasteiger partial charge on any atom is -0.426 e. The van der Waals surface area contributed by atoms with Gasteiger partial charge in [-0.25, -0.2) is 0 Å². The summed E-state index contributed by atoms with van der Waals surface area (Å²) in [6.45, 7) is 10.4. The number of nitrogens with one attached hydrogen (secondary N) is 3. The second-order valence-corrected chi connectivity index (χ2v) is 16.9. The second kappa shape index (κ2) is 21.5. The Hall–Kier alpha value is -3.69. The van der Waals surface area contributed by atoms with E-state index in [4.69, 9.17) is 9.47 Å².